The highest BCUT2D eigenvalue weighted by Crippen LogP contribution is 2.55. The number of para-hydroxylation sites is 3. The summed E-state index contributed by atoms with van der Waals surface area (Å²) in [6.07, 6.45) is 0. The third-order valence-electron chi connectivity index (χ3n) is 11.4. The van der Waals surface area contributed by atoms with Gasteiger partial charge in [-0.2, -0.15) is 0 Å². The molecule has 0 N–H and O–H groups in total. The molecule has 0 amide bonds. The molecule has 1 aliphatic carbocycles. The zero-order valence-electron chi connectivity index (χ0n) is 28.5. The van der Waals surface area contributed by atoms with E-state index in [1.807, 2.05) is 0 Å². The SMILES string of the molecule is Cc1ccc2c(c1)C(C)(C)c1cc(N(c3ccc4c(c3)c3ccccc3n4C)c3cccc4c5ccccc5n(C)c34)c3ccccc3c1-2. The van der Waals surface area contributed by atoms with E-state index >= 15 is 0 Å². The van der Waals surface area contributed by atoms with Gasteiger partial charge < -0.3 is 14.0 Å². The lowest BCUT2D eigenvalue weighted by Crippen LogP contribution is -2.17. The molecule has 2 heterocycles. The predicted octanol–water partition coefficient (Wildman–Crippen LogP) is 12.2. The van der Waals surface area contributed by atoms with E-state index in [2.05, 4.69) is 182 Å². The van der Waals surface area contributed by atoms with Gasteiger partial charge in [-0.25, -0.2) is 0 Å². The summed E-state index contributed by atoms with van der Waals surface area (Å²) in [4.78, 5) is 2.54. The maximum atomic E-state index is 2.54. The molecule has 0 aliphatic heterocycles. The molecule has 0 atom stereocenters. The Hall–Kier alpha value is -5.80. The van der Waals surface area contributed by atoms with E-state index in [1.165, 1.54) is 93.6 Å². The Labute approximate surface area is 286 Å². The second-order valence-electron chi connectivity index (χ2n) is 14.4. The Balaban J connectivity index is 1.35. The molecule has 3 heteroatoms. The second-order valence-corrected chi connectivity index (χ2v) is 14.4. The van der Waals surface area contributed by atoms with Crippen molar-refractivity contribution in [1.82, 2.24) is 9.13 Å². The second kappa shape index (κ2) is 9.87. The van der Waals surface area contributed by atoms with Crippen LogP contribution in [-0.4, -0.2) is 9.13 Å². The lowest BCUT2D eigenvalue weighted by atomic mass is 9.81. The average Bonchev–Trinajstić information content (AvgIpc) is 3.67. The highest BCUT2D eigenvalue weighted by atomic mass is 15.2. The van der Waals surface area contributed by atoms with Gasteiger partial charge in [-0.3, -0.25) is 0 Å². The Bertz CT molecular complexity index is 2840. The van der Waals surface area contributed by atoms with Crippen molar-refractivity contribution in [3.63, 3.8) is 0 Å². The Morgan fingerprint density at radius 3 is 1.90 bits per heavy atom. The first kappa shape index (κ1) is 28.2. The number of fused-ring (bicyclic) bond motifs is 11. The molecule has 0 unspecified atom stereocenters. The minimum Gasteiger partial charge on any atom is -0.344 e. The van der Waals surface area contributed by atoms with Crippen molar-refractivity contribution < 1.29 is 0 Å². The van der Waals surface area contributed by atoms with Crippen molar-refractivity contribution in [1.29, 1.82) is 0 Å². The molecule has 0 spiro atoms. The molecule has 9 aromatic rings. The Morgan fingerprint density at radius 1 is 0.490 bits per heavy atom. The number of aryl methyl sites for hydroxylation is 3. The third-order valence-corrected chi connectivity index (χ3v) is 11.4. The molecule has 3 nitrogen and oxygen atoms in total. The van der Waals surface area contributed by atoms with E-state index in [0.717, 1.165) is 5.69 Å². The zero-order chi connectivity index (χ0) is 33.2. The van der Waals surface area contributed by atoms with Crippen molar-refractivity contribution >= 4 is 71.4 Å². The van der Waals surface area contributed by atoms with E-state index < -0.39 is 0 Å². The van der Waals surface area contributed by atoms with Gasteiger partial charge in [0.05, 0.1) is 16.9 Å². The number of hydrogen-bond donors (Lipinski definition) is 0. The molecule has 1 aliphatic rings. The summed E-state index contributed by atoms with van der Waals surface area (Å²) in [5.74, 6) is 0. The largest absolute Gasteiger partial charge is 0.344 e. The molecule has 0 bridgehead atoms. The maximum Gasteiger partial charge on any atom is 0.0733 e. The number of anilines is 3. The quantitative estimate of drug-likeness (QED) is 0.189. The van der Waals surface area contributed by atoms with E-state index in [1.54, 1.807) is 0 Å². The molecule has 2 aromatic heterocycles. The molecular formula is C46H37N3. The zero-order valence-corrected chi connectivity index (χ0v) is 28.5. The third kappa shape index (κ3) is 3.73. The van der Waals surface area contributed by atoms with Crippen LogP contribution in [0.2, 0.25) is 0 Å². The lowest BCUT2D eigenvalue weighted by molar-refractivity contribution is 0.660. The monoisotopic (exact) mass is 631 g/mol. The molecule has 10 rings (SSSR count). The molecule has 0 fully saturated rings. The van der Waals surface area contributed by atoms with Gasteiger partial charge in [0.15, 0.2) is 0 Å². The van der Waals surface area contributed by atoms with Crippen LogP contribution in [0.15, 0.2) is 133 Å². The van der Waals surface area contributed by atoms with Gasteiger partial charge in [-0.15, -0.1) is 0 Å². The van der Waals surface area contributed by atoms with Crippen LogP contribution in [0.25, 0.3) is 65.5 Å². The average molecular weight is 632 g/mol. The van der Waals surface area contributed by atoms with E-state index in [-0.39, 0.29) is 5.41 Å². The first-order chi connectivity index (χ1) is 23.8. The Kier molecular flexibility index (Phi) is 5.69. The minimum absolute atomic E-state index is 0.146. The molecule has 7 aromatic carbocycles. The van der Waals surface area contributed by atoms with E-state index in [0.29, 0.717) is 0 Å². The fourth-order valence-electron chi connectivity index (χ4n) is 8.96. The maximum absolute atomic E-state index is 2.54. The van der Waals surface area contributed by atoms with Crippen molar-refractivity contribution in [2.45, 2.75) is 26.2 Å². The summed E-state index contributed by atoms with van der Waals surface area (Å²) in [6.45, 7) is 7.00. The molecule has 0 saturated heterocycles. The van der Waals surface area contributed by atoms with Crippen molar-refractivity contribution in [2.75, 3.05) is 4.90 Å². The molecule has 0 radical (unpaired) electrons. The highest BCUT2D eigenvalue weighted by Gasteiger charge is 2.38. The standard InChI is InChI=1S/C46H37N3/c1-28-21-23-35-37(25-28)46(2,3)38-27-43(30-13-6-7-16-33(30)44(35)38)49(29-22-24-41-36(26-29)32-15-9-10-18-39(32)47(41)4)42-20-12-17-34-31-14-8-11-19-40(31)48(5)45(34)42/h6-27H,1-5H3. The minimum atomic E-state index is -0.146. The van der Waals surface area contributed by atoms with Crippen molar-refractivity contribution in [3.8, 4) is 11.1 Å². The number of aromatic nitrogens is 2. The fourth-order valence-corrected chi connectivity index (χ4v) is 8.96. The summed E-state index contributed by atoms with van der Waals surface area (Å²) in [5, 5.41) is 7.62. The Morgan fingerprint density at radius 2 is 1.12 bits per heavy atom. The fraction of sp³-hybridized carbons (Fsp3) is 0.130. The van der Waals surface area contributed by atoms with Gasteiger partial charge in [0.1, 0.15) is 0 Å². The molecular weight excluding hydrogens is 595 g/mol. The smallest absolute Gasteiger partial charge is 0.0733 e. The van der Waals surface area contributed by atoms with E-state index in [4.69, 9.17) is 0 Å². The summed E-state index contributed by atoms with van der Waals surface area (Å²) in [6, 6.07) is 49.9. The molecule has 0 saturated carbocycles. The van der Waals surface area contributed by atoms with Crippen LogP contribution in [0.5, 0.6) is 0 Å². The van der Waals surface area contributed by atoms with Crippen LogP contribution in [0.1, 0.15) is 30.5 Å². The summed E-state index contributed by atoms with van der Waals surface area (Å²) in [5.41, 5.74) is 15.1. The van der Waals surface area contributed by atoms with Gasteiger partial charge in [0.2, 0.25) is 0 Å². The highest BCUT2D eigenvalue weighted by molar-refractivity contribution is 6.17. The number of rotatable bonds is 3. The lowest BCUT2D eigenvalue weighted by Gasteiger charge is -2.30. The van der Waals surface area contributed by atoms with Crippen molar-refractivity contribution in [3.05, 3.63) is 150 Å². The van der Waals surface area contributed by atoms with Crippen LogP contribution >= 0.6 is 0 Å². The normalized spacial score (nSPS) is 13.6. The van der Waals surface area contributed by atoms with Crippen LogP contribution in [0.3, 0.4) is 0 Å². The first-order valence-corrected chi connectivity index (χ1v) is 17.2. The van der Waals surface area contributed by atoms with Crippen LogP contribution < -0.4 is 4.90 Å². The van der Waals surface area contributed by atoms with Gasteiger partial charge in [0.25, 0.3) is 0 Å². The van der Waals surface area contributed by atoms with Crippen molar-refractivity contribution in [2.24, 2.45) is 14.1 Å². The van der Waals surface area contributed by atoms with Crippen LogP contribution in [0, 0.1) is 6.92 Å². The first-order valence-electron chi connectivity index (χ1n) is 17.2. The summed E-state index contributed by atoms with van der Waals surface area (Å²) in [7, 11) is 4.39. The summed E-state index contributed by atoms with van der Waals surface area (Å²) < 4.78 is 4.69. The van der Waals surface area contributed by atoms with Gasteiger partial charge in [-0.05, 0) is 77.0 Å². The molecule has 236 valence electrons. The number of benzene rings is 7. The van der Waals surface area contributed by atoms with Gasteiger partial charge in [-0.1, -0.05) is 110 Å². The predicted molar refractivity (Wildman–Crippen MR) is 209 cm³/mol. The van der Waals surface area contributed by atoms with Crippen LogP contribution in [0.4, 0.5) is 17.1 Å². The number of nitrogens with zero attached hydrogens (tertiary/aromatic N) is 3. The molecule has 49 heavy (non-hydrogen) atoms. The summed E-state index contributed by atoms with van der Waals surface area (Å²) >= 11 is 0. The van der Waals surface area contributed by atoms with Gasteiger partial charge >= 0.3 is 0 Å². The van der Waals surface area contributed by atoms with E-state index in [9.17, 15) is 0 Å². The van der Waals surface area contributed by atoms with Crippen LogP contribution in [-0.2, 0) is 19.5 Å². The topological polar surface area (TPSA) is 13.1 Å². The van der Waals surface area contributed by atoms with Gasteiger partial charge in [0, 0.05) is 68.7 Å². The number of hydrogen-bond acceptors (Lipinski definition) is 1.